The molecule has 2 aromatic carbocycles. The number of benzene rings is 2. The summed E-state index contributed by atoms with van der Waals surface area (Å²) in [5, 5.41) is 24.7. The number of nitrogens with zero attached hydrogens (tertiary/aromatic N) is 1. The van der Waals surface area contributed by atoms with Gasteiger partial charge in [-0.05, 0) is 30.3 Å². The average molecular weight is 321 g/mol. The number of anilines is 2. The highest BCUT2D eigenvalue weighted by Crippen LogP contribution is 2.32. The number of phenolic OH excluding ortho intramolecular Hbond substituents is 2. The van der Waals surface area contributed by atoms with Gasteiger partial charge in [0.1, 0.15) is 0 Å². The van der Waals surface area contributed by atoms with Gasteiger partial charge in [-0.15, -0.1) is 23.7 Å². The first-order valence-electron chi connectivity index (χ1n) is 6.02. The molecule has 6 heteroatoms. The second kappa shape index (κ2) is 6.47. The zero-order valence-corrected chi connectivity index (χ0v) is 12.5. The third-order valence-electron chi connectivity index (χ3n) is 2.80. The number of thiazole rings is 1. The van der Waals surface area contributed by atoms with Crippen molar-refractivity contribution >= 4 is 34.6 Å². The smallest absolute Gasteiger partial charge is 0.187 e. The molecular weight excluding hydrogens is 308 g/mol. The molecule has 0 amide bonds. The van der Waals surface area contributed by atoms with E-state index in [1.807, 2.05) is 35.7 Å². The van der Waals surface area contributed by atoms with Crippen LogP contribution in [0.3, 0.4) is 0 Å². The van der Waals surface area contributed by atoms with Gasteiger partial charge in [-0.25, -0.2) is 4.98 Å². The van der Waals surface area contributed by atoms with E-state index in [2.05, 4.69) is 10.3 Å². The van der Waals surface area contributed by atoms with Crippen LogP contribution in [0, 0.1) is 0 Å². The molecule has 108 valence electrons. The van der Waals surface area contributed by atoms with E-state index >= 15 is 0 Å². The van der Waals surface area contributed by atoms with Crippen molar-refractivity contribution in [1.82, 2.24) is 4.98 Å². The van der Waals surface area contributed by atoms with Crippen molar-refractivity contribution < 1.29 is 10.2 Å². The van der Waals surface area contributed by atoms with Gasteiger partial charge in [0.15, 0.2) is 16.6 Å². The Morgan fingerprint density at radius 2 is 1.71 bits per heavy atom. The summed E-state index contributed by atoms with van der Waals surface area (Å²) in [6.07, 6.45) is 0. The maximum atomic E-state index is 9.51. The van der Waals surface area contributed by atoms with Gasteiger partial charge in [-0.1, -0.05) is 18.2 Å². The molecule has 0 fully saturated rings. The van der Waals surface area contributed by atoms with E-state index < -0.39 is 0 Å². The Balaban J connectivity index is 0.00000161. The van der Waals surface area contributed by atoms with Crippen LogP contribution in [0.25, 0.3) is 11.3 Å². The first-order chi connectivity index (χ1) is 9.72. The maximum Gasteiger partial charge on any atom is 0.187 e. The second-order valence-electron chi connectivity index (χ2n) is 4.23. The molecular formula is C15H13ClN2O2S. The summed E-state index contributed by atoms with van der Waals surface area (Å²) < 4.78 is 0. The van der Waals surface area contributed by atoms with Gasteiger partial charge in [0.05, 0.1) is 5.69 Å². The van der Waals surface area contributed by atoms with Crippen molar-refractivity contribution in [3.05, 3.63) is 53.9 Å². The monoisotopic (exact) mass is 320 g/mol. The van der Waals surface area contributed by atoms with Gasteiger partial charge >= 0.3 is 0 Å². The first kappa shape index (κ1) is 15.2. The molecule has 0 spiro atoms. The van der Waals surface area contributed by atoms with Crippen LogP contribution in [0.1, 0.15) is 0 Å². The molecule has 3 aromatic rings. The van der Waals surface area contributed by atoms with Gasteiger partial charge in [0, 0.05) is 16.6 Å². The van der Waals surface area contributed by atoms with Gasteiger partial charge < -0.3 is 15.5 Å². The largest absolute Gasteiger partial charge is 0.504 e. The number of aromatic nitrogens is 1. The van der Waals surface area contributed by atoms with Crippen LogP contribution in [-0.2, 0) is 0 Å². The van der Waals surface area contributed by atoms with Crippen LogP contribution < -0.4 is 5.32 Å². The lowest BCUT2D eigenvalue weighted by atomic mass is 10.1. The summed E-state index contributed by atoms with van der Waals surface area (Å²) in [7, 11) is 0. The normalized spacial score (nSPS) is 9.90. The Kier molecular flexibility index (Phi) is 4.67. The third-order valence-corrected chi connectivity index (χ3v) is 3.56. The summed E-state index contributed by atoms with van der Waals surface area (Å²) >= 11 is 1.48. The van der Waals surface area contributed by atoms with E-state index in [4.69, 9.17) is 0 Å². The van der Waals surface area contributed by atoms with E-state index in [1.54, 1.807) is 6.07 Å². The molecule has 0 bridgehead atoms. The molecule has 1 aromatic heterocycles. The fourth-order valence-electron chi connectivity index (χ4n) is 1.79. The van der Waals surface area contributed by atoms with E-state index in [-0.39, 0.29) is 23.9 Å². The predicted molar refractivity (Wildman–Crippen MR) is 87.9 cm³/mol. The molecule has 3 rings (SSSR count). The summed E-state index contributed by atoms with van der Waals surface area (Å²) in [5.74, 6) is -0.278. The highest BCUT2D eigenvalue weighted by atomic mass is 35.5. The average Bonchev–Trinajstić information content (AvgIpc) is 2.91. The fourth-order valence-corrected chi connectivity index (χ4v) is 2.53. The lowest BCUT2D eigenvalue weighted by Gasteiger charge is -2.02. The molecule has 0 unspecified atom stereocenters. The zero-order valence-electron chi connectivity index (χ0n) is 10.9. The highest BCUT2D eigenvalue weighted by Gasteiger charge is 2.07. The number of aromatic hydroxyl groups is 2. The van der Waals surface area contributed by atoms with Gasteiger partial charge in [-0.2, -0.15) is 0 Å². The van der Waals surface area contributed by atoms with Crippen LogP contribution in [0.4, 0.5) is 10.8 Å². The van der Waals surface area contributed by atoms with Crippen molar-refractivity contribution in [1.29, 1.82) is 0 Å². The Labute approximate surface area is 132 Å². The van der Waals surface area contributed by atoms with Crippen molar-refractivity contribution in [3.8, 4) is 22.8 Å². The number of phenols is 2. The SMILES string of the molecule is Cl.Oc1ccc(-c2csc(Nc3ccccc3)n2)cc1O. The van der Waals surface area contributed by atoms with E-state index in [0.29, 0.717) is 0 Å². The lowest BCUT2D eigenvalue weighted by Crippen LogP contribution is -1.88. The molecule has 0 aliphatic heterocycles. The minimum Gasteiger partial charge on any atom is -0.504 e. The standard InChI is InChI=1S/C15H12N2O2S.ClH/c18-13-7-6-10(8-14(13)19)12-9-20-15(17-12)16-11-4-2-1-3-5-11;/h1-9,18-19H,(H,16,17);1H. The summed E-state index contributed by atoms with van der Waals surface area (Å²) in [4.78, 5) is 4.46. The van der Waals surface area contributed by atoms with E-state index in [9.17, 15) is 10.2 Å². The Morgan fingerprint density at radius 3 is 2.43 bits per heavy atom. The molecule has 21 heavy (non-hydrogen) atoms. The highest BCUT2D eigenvalue weighted by molar-refractivity contribution is 7.14. The minimum absolute atomic E-state index is 0. The Bertz CT molecular complexity index is 732. The molecule has 0 aliphatic carbocycles. The van der Waals surface area contributed by atoms with Crippen molar-refractivity contribution in [2.24, 2.45) is 0 Å². The number of halogens is 1. The molecule has 0 saturated carbocycles. The number of rotatable bonds is 3. The molecule has 1 heterocycles. The molecule has 3 N–H and O–H groups in total. The van der Waals surface area contributed by atoms with Crippen molar-refractivity contribution in [2.45, 2.75) is 0 Å². The topological polar surface area (TPSA) is 65.4 Å². The number of nitrogens with one attached hydrogen (secondary N) is 1. The molecule has 0 saturated heterocycles. The third kappa shape index (κ3) is 3.45. The Hall–Kier alpha value is -2.24. The minimum atomic E-state index is -0.145. The summed E-state index contributed by atoms with van der Waals surface area (Å²) in [5.41, 5.74) is 2.49. The van der Waals surface area contributed by atoms with Crippen LogP contribution in [0.15, 0.2) is 53.9 Å². The van der Waals surface area contributed by atoms with E-state index in [0.717, 1.165) is 22.1 Å². The van der Waals surface area contributed by atoms with Crippen LogP contribution in [0.5, 0.6) is 11.5 Å². The molecule has 0 aliphatic rings. The van der Waals surface area contributed by atoms with Gasteiger partial charge in [-0.3, -0.25) is 0 Å². The maximum absolute atomic E-state index is 9.51. The zero-order chi connectivity index (χ0) is 13.9. The molecule has 0 atom stereocenters. The molecule has 4 nitrogen and oxygen atoms in total. The van der Waals surface area contributed by atoms with E-state index in [1.165, 1.54) is 23.5 Å². The summed E-state index contributed by atoms with van der Waals surface area (Å²) in [6.45, 7) is 0. The molecule has 0 radical (unpaired) electrons. The van der Waals surface area contributed by atoms with Crippen molar-refractivity contribution in [3.63, 3.8) is 0 Å². The van der Waals surface area contributed by atoms with Crippen LogP contribution in [-0.4, -0.2) is 15.2 Å². The van der Waals surface area contributed by atoms with Gasteiger partial charge in [0.25, 0.3) is 0 Å². The number of hydrogen-bond donors (Lipinski definition) is 3. The van der Waals surface area contributed by atoms with Crippen LogP contribution >= 0.6 is 23.7 Å². The number of hydrogen-bond acceptors (Lipinski definition) is 5. The van der Waals surface area contributed by atoms with Crippen LogP contribution in [0.2, 0.25) is 0 Å². The quantitative estimate of drug-likeness (QED) is 0.626. The lowest BCUT2D eigenvalue weighted by molar-refractivity contribution is 0.404. The predicted octanol–water partition coefficient (Wildman–Crippen LogP) is 4.39. The number of para-hydroxylation sites is 1. The second-order valence-corrected chi connectivity index (χ2v) is 5.09. The fraction of sp³-hybridized carbons (Fsp3) is 0. The summed E-state index contributed by atoms with van der Waals surface area (Å²) in [6, 6.07) is 14.5. The first-order valence-corrected chi connectivity index (χ1v) is 6.90. The van der Waals surface area contributed by atoms with Crippen molar-refractivity contribution in [2.75, 3.05) is 5.32 Å². The van der Waals surface area contributed by atoms with Gasteiger partial charge in [0.2, 0.25) is 0 Å². The Morgan fingerprint density at radius 1 is 0.952 bits per heavy atom.